The molecule has 3 rings (SSSR count). The molecule has 1 aliphatic heterocycles. The second kappa shape index (κ2) is 5.88. The SMILES string of the molecule is C(=N\NC1=NC(c2ccccc2)N=N1)/c1ccccc1. The standard InChI is InChI=1S/C15H13N5/c1-3-7-12(8-4-1)11-16-19-15-17-14(18-20-15)13-9-5-2-6-10-13/h1-11,14H,(H,17,19)/b16-11+. The summed E-state index contributed by atoms with van der Waals surface area (Å²) in [6.07, 6.45) is 1.44. The first-order valence-electron chi connectivity index (χ1n) is 6.29. The first-order chi connectivity index (χ1) is 9.92. The van der Waals surface area contributed by atoms with Crippen molar-refractivity contribution in [1.29, 1.82) is 0 Å². The summed E-state index contributed by atoms with van der Waals surface area (Å²) >= 11 is 0. The van der Waals surface area contributed by atoms with E-state index >= 15 is 0 Å². The fraction of sp³-hybridized carbons (Fsp3) is 0.0667. The van der Waals surface area contributed by atoms with Gasteiger partial charge in [0.15, 0.2) is 6.17 Å². The summed E-state index contributed by atoms with van der Waals surface area (Å²) in [6.45, 7) is 0. The highest BCUT2D eigenvalue weighted by atomic mass is 15.4. The van der Waals surface area contributed by atoms with Crippen LogP contribution >= 0.6 is 0 Å². The summed E-state index contributed by atoms with van der Waals surface area (Å²) in [4.78, 5) is 4.35. The molecule has 0 amide bonds. The molecule has 0 aliphatic carbocycles. The molecule has 98 valence electrons. The van der Waals surface area contributed by atoms with Crippen molar-refractivity contribution in [2.75, 3.05) is 0 Å². The maximum atomic E-state index is 4.35. The van der Waals surface area contributed by atoms with E-state index in [1.54, 1.807) is 6.21 Å². The van der Waals surface area contributed by atoms with Crippen LogP contribution in [-0.4, -0.2) is 12.2 Å². The third-order valence-corrected chi connectivity index (χ3v) is 2.78. The Kier molecular flexibility index (Phi) is 3.59. The average molecular weight is 263 g/mol. The van der Waals surface area contributed by atoms with E-state index in [-0.39, 0.29) is 6.17 Å². The van der Waals surface area contributed by atoms with E-state index in [9.17, 15) is 0 Å². The molecule has 0 saturated heterocycles. The lowest BCUT2D eigenvalue weighted by molar-refractivity contribution is 0.771. The van der Waals surface area contributed by atoms with Crippen molar-refractivity contribution in [3.05, 3.63) is 71.8 Å². The zero-order valence-electron chi connectivity index (χ0n) is 10.7. The van der Waals surface area contributed by atoms with E-state index in [4.69, 9.17) is 0 Å². The molecule has 1 heterocycles. The van der Waals surface area contributed by atoms with Gasteiger partial charge in [0.1, 0.15) is 0 Å². The molecule has 1 unspecified atom stereocenters. The van der Waals surface area contributed by atoms with Gasteiger partial charge in [-0.3, -0.25) is 0 Å². The fourth-order valence-corrected chi connectivity index (χ4v) is 1.80. The Bertz CT molecular complexity index is 646. The Balaban J connectivity index is 1.63. The van der Waals surface area contributed by atoms with Crippen LogP contribution in [0.1, 0.15) is 17.3 Å². The highest BCUT2D eigenvalue weighted by Crippen LogP contribution is 2.22. The summed E-state index contributed by atoms with van der Waals surface area (Å²) < 4.78 is 0. The lowest BCUT2D eigenvalue weighted by Crippen LogP contribution is -2.13. The first-order valence-corrected chi connectivity index (χ1v) is 6.29. The zero-order chi connectivity index (χ0) is 13.6. The number of rotatable bonds is 3. The third kappa shape index (κ3) is 2.95. The van der Waals surface area contributed by atoms with Crippen LogP contribution in [0.3, 0.4) is 0 Å². The molecule has 0 bridgehead atoms. The molecule has 20 heavy (non-hydrogen) atoms. The normalized spacial score (nSPS) is 17.4. The smallest absolute Gasteiger partial charge is 0.244 e. The first kappa shape index (κ1) is 12.2. The highest BCUT2D eigenvalue weighted by Gasteiger charge is 2.15. The number of azo groups is 1. The second-order valence-electron chi connectivity index (χ2n) is 4.23. The molecule has 0 spiro atoms. The number of nitrogens with zero attached hydrogens (tertiary/aromatic N) is 4. The number of hydrogen-bond donors (Lipinski definition) is 1. The molecule has 0 fully saturated rings. The van der Waals surface area contributed by atoms with E-state index < -0.39 is 0 Å². The Morgan fingerprint density at radius 3 is 2.40 bits per heavy atom. The molecule has 0 radical (unpaired) electrons. The summed E-state index contributed by atoms with van der Waals surface area (Å²) in [6, 6.07) is 19.6. The van der Waals surface area contributed by atoms with E-state index in [1.165, 1.54) is 0 Å². The molecular formula is C15H13N5. The van der Waals surface area contributed by atoms with Gasteiger partial charge >= 0.3 is 0 Å². The largest absolute Gasteiger partial charge is 0.260 e. The Labute approximate surface area is 116 Å². The van der Waals surface area contributed by atoms with Crippen molar-refractivity contribution in [3.8, 4) is 0 Å². The van der Waals surface area contributed by atoms with Crippen LogP contribution in [-0.2, 0) is 0 Å². The van der Waals surface area contributed by atoms with Gasteiger partial charge < -0.3 is 0 Å². The maximum Gasteiger partial charge on any atom is 0.260 e. The number of hydrogen-bond acceptors (Lipinski definition) is 5. The van der Waals surface area contributed by atoms with E-state index in [1.807, 2.05) is 60.7 Å². The van der Waals surface area contributed by atoms with Crippen molar-refractivity contribution < 1.29 is 0 Å². The van der Waals surface area contributed by atoms with E-state index in [2.05, 4.69) is 25.7 Å². The van der Waals surface area contributed by atoms with Crippen LogP contribution < -0.4 is 5.43 Å². The number of hydrazone groups is 1. The Hall–Kier alpha value is -2.82. The van der Waals surface area contributed by atoms with E-state index in [0.29, 0.717) is 5.96 Å². The number of aliphatic imine (C=N–C) groups is 1. The summed E-state index contributed by atoms with van der Waals surface area (Å²) in [7, 11) is 0. The van der Waals surface area contributed by atoms with Crippen LogP contribution in [0.4, 0.5) is 0 Å². The van der Waals surface area contributed by atoms with Crippen molar-refractivity contribution >= 4 is 12.2 Å². The second-order valence-corrected chi connectivity index (χ2v) is 4.23. The molecule has 1 N–H and O–H groups in total. The van der Waals surface area contributed by atoms with Crippen LogP contribution in [0, 0.1) is 0 Å². The van der Waals surface area contributed by atoms with Gasteiger partial charge in [0.25, 0.3) is 5.96 Å². The Morgan fingerprint density at radius 1 is 0.950 bits per heavy atom. The van der Waals surface area contributed by atoms with Gasteiger partial charge in [-0.15, -0.1) is 5.11 Å². The zero-order valence-corrected chi connectivity index (χ0v) is 10.7. The summed E-state index contributed by atoms with van der Waals surface area (Å²) in [5.74, 6) is 0.422. The van der Waals surface area contributed by atoms with Crippen molar-refractivity contribution in [2.24, 2.45) is 20.3 Å². The molecule has 1 aliphatic rings. The lowest BCUT2D eigenvalue weighted by atomic mass is 10.2. The van der Waals surface area contributed by atoms with Crippen molar-refractivity contribution in [3.63, 3.8) is 0 Å². The van der Waals surface area contributed by atoms with Gasteiger partial charge in [0.05, 0.1) is 6.21 Å². The lowest BCUT2D eigenvalue weighted by Gasteiger charge is -2.00. The fourth-order valence-electron chi connectivity index (χ4n) is 1.80. The molecule has 0 aromatic heterocycles. The van der Waals surface area contributed by atoms with Gasteiger partial charge in [0, 0.05) is 5.56 Å². The molecule has 1 atom stereocenters. The number of benzene rings is 2. The molecule has 5 heteroatoms. The topological polar surface area (TPSA) is 61.5 Å². The number of nitrogens with one attached hydrogen (secondary N) is 1. The van der Waals surface area contributed by atoms with Crippen LogP contribution in [0.2, 0.25) is 0 Å². The van der Waals surface area contributed by atoms with E-state index in [0.717, 1.165) is 11.1 Å². The molecule has 0 saturated carbocycles. The van der Waals surface area contributed by atoms with Crippen LogP contribution in [0.15, 0.2) is 81.0 Å². The summed E-state index contributed by atoms with van der Waals surface area (Å²) in [5.41, 5.74) is 4.81. The highest BCUT2D eigenvalue weighted by molar-refractivity contribution is 5.84. The monoisotopic (exact) mass is 263 g/mol. The summed E-state index contributed by atoms with van der Waals surface area (Å²) in [5, 5.41) is 12.2. The van der Waals surface area contributed by atoms with Gasteiger partial charge in [-0.2, -0.15) is 10.2 Å². The van der Waals surface area contributed by atoms with Gasteiger partial charge in [-0.25, -0.2) is 10.4 Å². The molecule has 5 nitrogen and oxygen atoms in total. The minimum Gasteiger partial charge on any atom is -0.244 e. The van der Waals surface area contributed by atoms with Gasteiger partial charge in [-0.1, -0.05) is 60.7 Å². The predicted molar refractivity (Wildman–Crippen MR) is 78.6 cm³/mol. The average Bonchev–Trinajstić information content (AvgIpc) is 2.98. The van der Waals surface area contributed by atoms with Crippen molar-refractivity contribution in [1.82, 2.24) is 5.43 Å². The minimum absolute atomic E-state index is 0.273. The van der Waals surface area contributed by atoms with Crippen LogP contribution in [0.25, 0.3) is 0 Å². The molecule has 2 aromatic carbocycles. The molecular weight excluding hydrogens is 250 g/mol. The predicted octanol–water partition coefficient (Wildman–Crippen LogP) is 3.13. The van der Waals surface area contributed by atoms with Crippen LogP contribution in [0.5, 0.6) is 0 Å². The quantitative estimate of drug-likeness (QED) is 0.671. The van der Waals surface area contributed by atoms with Gasteiger partial charge in [-0.05, 0) is 5.56 Å². The Morgan fingerprint density at radius 2 is 1.65 bits per heavy atom. The number of guanidine groups is 1. The minimum atomic E-state index is -0.273. The maximum absolute atomic E-state index is 4.35. The third-order valence-electron chi connectivity index (χ3n) is 2.78. The van der Waals surface area contributed by atoms with Gasteiger partial charge in [0.2, 0.25) is 0 Å². The van der Waals surface area contributed by atoms with Crippen molar-refractivity contribution in [2.45, 2.75) is 6.17 Å². The molecule has 2 aromatic rings.